The SMILES string of the molecule is CCC(CC)(CNC(=O)[C@@H](N)Cc1c[nH]c2ccccc12)SC. The maximum Gasteiger partial charge on any atom is 0.237 e. The standard InChI is InChI=1S/C18H27N3OS/c1-4-18(5-2,23-3)12-21-17(22)15(19)10-13-11-20-16-9-7-6-8-14(13)16/h6-9,11,15,20H,4-5,10,12,19H2,1-3H3,(H,21,22)/t15-/m0/s1. The molecule has 2 rings (SSSR count). The van der Waals surface area contributed by atoms with Gasteiger partial charge in [-0.05, 0) is 37.1 Å². The van der Waals surface area contributed by atoms with E-state index >= 15 is 0 Å². The summed E-state index contributed by atoms with van der Waals surface area (Å²) in [6, 6.07) is 7.55. The van der Waals surface area contributed by atoms with Crippen LogP contribution in [0.3, 0.4) is 0 Å². The molecule has 0 saturated carbocycles. The fourth-order valence-electron chi connectivity index (χ4n) is 2.87. The number of rotatable bonds is 8. The van der Waals surface area contributed by atoms with Gasteiger partial charge >= 0.3 is 0 Å². The van der Waals surface area contributed by atoms with E-state index in [1.807, 2.05) is 36.2 Å². The molecule has 0 aliphatic heterocycles. The average Bonchev–Trinajstić information content (AvgIpc) is 2.99. The first-order chi connectivity index (χ1) is 11.0. The highest BCUT2D eigenvalue weighted by Gasteiger charge is 2.26. The minimum Gasteiger partial charge on any atom is -0.361 e. The Bertz CT molecular complexity index is 640. The van der Waals surface area contributed by atoms with Crippen LogP contribution in [-0.2, 0) is 11.2 Å². The van der Waals surface area contributed by atoms with Crippen molar-refractivity contribution in [3.05, 3.63) is 36.0 Å². The van der Waals surface area contributed by atoms with Gasteiger partial charge in [0.1, 0.15) is 0 Å². The number of hydrogen-bond acceptors (Lipinski definition) is 3. The molecule has 0 aliphatic rings. The van der Waals surface area contributed by atoms with Gasteiger partial charge in [-0.1, -0.05) is 32.0 Å². The zero-order valence-corrected chi connectivity index (χ0v) is 15.0. The second kappa shape index (κ2) is 7.88. The number of carbonyl (C=O) groups excluding carboxylic acids is 1. The molecular formula is C18H27N3OS. The van der Waals surface area contributed by atoms with E-state index in [1.54, 1.807) is 0 Å². The number of nitrogens with two attached hydrogens (primary N) is 1. The Hall–Kier alpha value is -1.46. The smallest absolute Gasteiger partial charge is 0.237 e. The van der Waals surface area contributed by atoms with Gasteiger partial charge in [0, 0.05) is 28.4 Å². The van der Waals surface area contributed by atoms with Crippen molar-refractivity contribution in [3.8, 4) is 0 Å². The molecule has 1 atom stereocenters. The molecule has 1 heterocycles. The van der Waals surface area contributed by atoms with Crippen LogP contribution >= 0.6 is 11.8 Å². The van der Waals surface area contributed by atoms with Crippen molar-refractivity contribution in [1.82, 2.24) is 10.3 Å². The summed E-state index contributed by atoms with van der Waals surface area (Å²) in [6.45, 7) is 5.00. The van der Waals surface area contributed by atoms with Crippen LogP contribution in [0.1, 0.15) is 32.3 Å². The van der Waals surface area contributed by atoms with E-state index in [1.165, 1.54) is 0 Å². The minimum atomic E-state index is -0.525. The van der Waals surface area contributed by atoms with Gasteiger partial charge in [-0.3, -0.25) is 4.79 Å². The molecule has 5 heteroatoms. The van der Waals surface area contributed by atoms with Crippen molar-refractivity contribution in [2.45, 2.75) is 43.9 Å². The maximum absolute atomic E-state index is 12.3. The third kappa shape index (κ3) is 4.09. The van der Waals surface area contributed by atoms with E-state index in [0.29, 0.717) is 13.0 Å². The summed E-state index contributed by atoms with van der Waals surface area (Å²) in [6.07, 6.45) is 6.65. The van der Waals surface area contributed by atoms with Crippen molar-refractivity contribution >= 4 is 28.6 Å². The Morgan fingerprint density at radius 3 is 2.70 bits per heavy atom. The largest absolute Gasteiger partial charge is 0.361 e. The van der Waals surface area contributed by atoms with Gasteiger partial charge in [0.05, 0.1) is 6.04 Å². The molecule has 0 aliphatic carbocycles. The number of H-pyrrole nitrogens is 1. The molecule has 0 radical (unpaired) electrons. The Labute approximate surface area is 142 Å². The fourth-order valence-corrected chi connectivity index (χ4v) is 3.66. The number of nitrogens with one attached hydrogen (secondary N) is 2. The number of aromatic nitrogens is 1. The minimum absolute atomic E-state index is 0.0735. The normalized spacial score (nSPS) is 13.2. The summed E-state index contributed by atoms with van der Waals surface area (Å²) < 4.78 is 0.107. The number of thioether (sulfide) groups is 1. The predicted octanol–water partition coefficient (Wildman–Crippen LogP) is 3.08. The Morgan fingerprint density at radius 1 is 1.35 bits per heavy atom. The molecule has 0 saturated heterocycles. The molecule has 23 heavy (non-hydrogen) atoms. The third-order valence-corrected chi connectivity index (χ3v) is 6.35. The van der Waals surface area contributed by atoms with Crippen LogP contribution in [0.2, 0.25) is 0 Å². The number of carbonyl (C=O) groups is 1. The molecular weight excluding hydrogens is 306 g/mol. The van der Waals surface area contributed by atoms with E-state index in [2.05, 4.69) is 36.5 Å². The molecule has 4 N–H and O–H groups in total. The van der Waals surface area contributed by atoms with Gasteiger partial charge in [-0.2, -0.15) is 11.8 Å². The van der Waals surface area contributed by atoms with Crippen molar-refractivity contribution in [2.24, 2.45) is 5.73 Å². The van der Waals surface area contributed by atoms with E-state index < -0.39 is 6.04 Å². The van der Waals surface area contributed by atoms with Crippen LogP contribution < -0.4 is 11.1 Å². The lowest BCUT2D eigenvalue weighted by molar-refractivity contribution is -0.122. The molecule has 0 unspecified atom stereocenters. The number of hydrogen-bond donors (Lipinski definition) is 3. The van der Waals surface area contributed by atoms with Crippen LogP contribution in [0.5, 0.6) is 0 Å². The van der Waals surface area contributed by atoms with Crippen molar-refractivity contribution < 1.29 is 4.79 Å². The van der Waals surface area contributed by atoms with Crippen LogP contribution in [-0.4, -0.2) is 34.5 Å². The monoisotopic (exact) mass is 333 g/mol. The lowest BCUT2D eigenvalue weighted by Crippen LogP contribution is -2.47. The van der Waals surface area contributed by atoms with Gasteiger partial charge in [-0.15, -0.1) is 0 Å². The zero-order chi connectivity index (χ0) is 16.9. The second-order valence-corrected chi connectivity index (χ2v) is 7.26. The zero-order valence-electron chi connectivity index (χ0n) is 14.2. The van der Waals surface area contributed by atoms with Crippen molar-refractivity contribution in [3.63, 3.8) is 0 Å². The summed E-state index contributed by atoms with van der Waals surface area (Å²) in [5, 5.41) is 4.18. The Balaban J connectivity index is 1.97. The van der Waals surface area contributed by atoms with Gasteiger partial charge in [-0.25, -0.2) is 0 Å². The highest BCUT2D eigenvalue weighted by Crippen LogP contribution is 2.29. The molecule has 1 amide bonds. The number of fused-ring (bicyclic) bond motifs is 1. The highest BCUT2D eigenvalue weighted by atomic mass is 32.2. The van der Waals surface area contributed by atoms with Crippen LogP contribution in [0.4, 0.5) is 0 Å². The summed E-state index contributed by atoms with van der Waals surface area (Å²) in [5.41, 5.74) is 8.29. The molecule has 126 valence electrons. The van der Waals surface area contributed by atoms with Crippen molar-refractivity contribution in [1.29, 1.82) is 0 Å². The molecule has 0 fully saturated rings. The number of aromatic amines is 1. The Morgan fingerprint density at radius 2 is 2.04 bits per heavy atom. The van der Waals surface area contributed by atoms with Crippen LogP contribution in [0.15, 0.2) is 30.5 Å². The Kier molecular flexibility index (Phi) is 6.13. The second-order valence-electron chi connectivity index (χ2n) is 5.98. The quantitative estimate of drug-likeness (QED) is 0.695. The van der Waals surface area contributed by atoms with E-state index in [-0.39, 0.29) is 10.7 Å². The lowest BCUT2D eigenvalue weighted by atomic mass is 10.0. The summed E-state index contributed by atoms with van der Waals surface area (Å²) in [7, 11) is 0. The topological polar surface area (TPSA) is 70.9 Å². The molecule has 0 spiro atoms. The fraction of sp³-hybridized carbons (Fsp3) is 0.500. The van der Waals surface area contributed by atoms with Crippen LogP contribution in [0.25, 0.3) is 10.9 Å². The van der Waals surface area contributed by atoms with E-state index in [9.17, 15) is 4.79 Å². The van der Waals surface area contributed by atoms with Crippen molar-refractivity contribution in [2.75, 3.05) is 12.8 Å². The van der Waals surface area contributed by atoms with Gasteiger partial charge < -0.3 is 16.0 Å². The maximum atomic E-state index is 12.3. The summed E-state index contributed by atoms with van der Waals surface area (Å²) in [5.74, 6) is -0.0735. The lowest BCUT2D eigenvalue weighted by Gasteiger charge is -2.30. The number of para-hydroxylation sites is 1. The first-order valence-corrected chi connectivity index (χ1v) is 9.41. The van der Waals surface area contributed by atoms with E-state index in [0.717, 1.165) is 29.3 Å². The predicted molar refractivity (Wildman–Crippen MR) is 99.8 cm³/mol. The number of benzene rings is 1. The molecule has 1 aromatic carbocycles. The molecule has 0 bridgehead atoms. The van der Waals surface area contributed by atoms with Gasteiger partial charge in [0.25, 0.3) is 0 Å². The van der Waals surface area contributed by atoms with E-state index in [4.69, 9.17) is 5.73 Å². The molecule has 2 aromatic rings. The molecule has 1 aromatic heterocycles. The summed E-state index contributed by atoms with van der Waals surface area (Å²) in [4.78, 5) is 15.6. The molecule has 4 nitrogen and oxygen atoms in total. The van der Waals surface area contributed by atoms with Gasteiger partial charge in [0.15, 0.2) is 0 Å². The summed E-state index contributed by atoms with van der Waals surface area (Å²) >= 11 is 1.82. The first kappa shape index (κ1) is 17.9. The van der Waals surface area contributed by atoms with Gasteiger partial charge in [0.2, 0.25) is 5.91 Å². The van der Waals surface area contributed by atoms with Crippen LogP contribution in [0, 0.1) is 0 Å². The first-order valence-electron chi connectivity index (χ1n) is 8.18. The third-order valence-electron chi connectivity index (χ3n) is 4.76. The number of amides is 1. The average molecular weight is 334 g/mol. The highest BCUT2D eigenvalue weighted by molar-refractivity contribution is 8.00.